The van der Waals surface area contributed by atoms with Gasteiger partial charge in [0.25, 0.3) is 0 Å². The van der Waals surface area contributed by atoms with E-state index in [1.54, 1.807) is 0 Å². The van der Waals surface area contributed by atoms with Crippen LogP contribution in [0.2, 0.25) is 0 Å². The molecule has 2 aromatic heterocycles. The van der Waals surface area contributed by atoms with Crippen LogP contribution in [-0.2, 0) is 4.74 Å². The van der Waals surface area contributed by atoms with Crippen LogP contribution >= 0.6 is 0 Å². The Bertz CT molecular complexity index is 2270. The summed E-state index contributed by atoms with van der Waals surface area (Å²) < 4.78 is 10.3. The summed E-state index contributed by atoms with van der Waals surface area (Å²) in [6, 6.07) is 44.7. The predicted octanol–water partition coefficient (Wildman–Crippen LogP) is 8.40. The molecule has 0 saturated carbocycles. The van der Waals surface area contributed by atoms with E-state index in [0.717, 1.165) is 44.5 Å². The summed E-state index contributed by atoms with van der Waals surface area (Å²) in [4.78, 5) is 10.5. The molecule has 2 aliphatic rings. The van der Waals surface area contributed by atoms with Gasteiger partial charge in [-0.3, -0.25) is 4.57 Å². The van der Waals surface area contributed by atoms with Gasteiger partial charge in [0.2, 0.25) is 5.96 Å². The van der Waals surface area contributed by atoms with Crippen molar-refractivity contribution in [3.63, 3.8) is 0 Å². The maximum atomic E-state index is 5.84. The number of aliphatic imine (C=N–C) groups is 2. The molecule has 0 N–H and O–H groups in total. The number of aromatic nitrogens is 2. The van der Waals surface area contributed by atoms with E-state index < -0.39 is 0 Å². The SMILES string of the molecule is C1=C2C(c3ccc(-c4ccccc4)cc3)=NC(n3c4ccccc4c4ccc5c(ccn5-c5ccccc5)c43)=NC2CO1. The van der Waals surface area contributed by atoms with Crippen molar-refractivity contribution in [3.8, 4) is 16.8 Å². The van der Waals surface area contributed by atoms with E-state index >= 15 is 0 Å². The fourth-order valence-electron chi connectivity index (χ4n) is 6.54. The first kappa shape index (κ1) is 24.0. The number of hydrogen-bond acceptors (Lipinski definition) is 3. The van der Waals surface area contributed by atoms with Crippen LogP contribution in [-0.4, -0.2) is 33.5 Å². The molecular weight excluding hydrogens is 528 g/mol. The van der Waals surface area contributed by atoms with Crippen LogP contribution in [0.25, 0.3) is 49.5 Å². The number of nitrogens with zero attached hydrogens (tertiary/aromatic N) is 4. The molecule has 0 bridgehead atoms. The van der Waals surface area contributed by atoms with E-state index in [9.17, 15) is 0 Å². The summed E-state index contributed by atoms with van der Waals surface area (Å²) in [6.45, 7) is 0.511. The lowest BCUT2D eigenvalue weighted by molar-refractivity contribution is 0.270. The molecule has 0 amide bonds. The molecular formula is C38H26N4O. The van der Waals surface area contributed by atoms with E-state index in [0.29, 0.717) is 12.6 Å². The third-order valence-corrected chi connectivity index (χ3v) is 8.58. The Kier molecular flexibility index (Phi) is 5.26. The van der Waals surface area contributed by atoms with Crippen LogP contribution in [0.3, 0.4) is 0 Å². The number of ether oxygens (including phenoxy) is 1. The van der Waals surface area contributed by atoms with Crippen LogP contribution < -0.4 is 0 Å². The van der Waals surface area contributed by atoms with Crippen molar-refractivity contribution in [2.45, 2.75) is 6.04 Å². The molecule has 1 atom stereocenters. The molecule has 5 nitrogen and oxygen atoms in total. The second-order valence-corrected chi connectivity index (χ2v) is 11.0. The molecule has 43 heavy (non-hydrogen) atoms. The van der Waals surface area contributed by atoms with Gasteiger partial charge in [-0.2, -0.15) is 0 Å². The summed E-state index contributed by atoms with van der Waals surface area (Å²) in [5, 5.41) is 3.53. The summed E-state index contributed by atoms with van der Waals surface area (Å²) >= 11 is 0. The number of para-hydroxylation sites is 2. The predicted molar refractivity (Wildman–Crippen MR) is 175 cm³/mol. The third-order valence-electron chi connectivity index (χ3n) is 8.58. The monoisotopic (exact) mass is 554 g/mol. The molecule has 0 saturated heterocycles. The number of benzene rings is 5. The number of rotatable bonds is 3. The van der Waals surface area contributed by atoms with Gasteiger partial charge in [0.05, 0.1) is 28.5 Å². The van der Waals surface area contributed by atoms with Crippen molar-refractivity contribution >= 4 is 44.4 Å². The maximum Gasteiger partial charge on any atom is 0.231 e. The zero-order valence-electron chi connectivity index (χ0n) is 23.3. The molecule has 9 rings (SSSR count). The molecule has 7 aromatic rings. The zero-order chi connectivity index (χ0) is 28.3. The first-order valence-corrected chi connectivity index (χ1v) is 14.6. The normalized spacial score (nSPS) is 16.2. The van der Waals surface area contributed by atoms with Crippen molar-refractivity contribution in [1.82, 2.24) is 9.13 Å². The minimum Gasteiger partial charge on any atom is -0.498 e. The Morgan fingerprint density at radius 3 is 2.16 bits per heavy atom. The molecule has 0 aliphatic carbocycles. The Morgan fingerprint density at radius 1 is 0.605 bits per heavy atom. The molecule has 204 valence electrons. The minimum absolute atomic E-state index is 0.111. The fourth-order valence-corrected chi connectivity index (χ4v) is 6.54. The van der Waals surface area contributed by atoms with E-state index in [1.807, 2.05) is 18.4 Å². The van der Waals surface area contributed by atoms with Gasteiger partial charge < -0.3 is 9.30 Å². The standard InChI is InChI=1S/C38H26N4O/c1-3-9-25(10-4-1)26-15-17-27(18-16-26)36-32-23-43-24-33(32)39-38(40-36)42-35-14-8-7-13-29(35)30-19-20-34-31(37(30)42)21-22-41(34)28-11-5-2-6-12-28/h1-23,33H,24H2. The molecule has 5 heteroatoms. The van der Waals surface area contributed by atoms with E-state index in [4.69, 9.17) is 14.7 Å². The Labute approximate surface area is 248 Å². The molecule has 0 fully saturated rings. The lowest BCUT2D eigenvalue weighted by Crippen LogP contribution is -2.27. The van der Waals surface area contributed by atoms with Crippen LogP contribution in [0.15, 0.2) is 155 Å². The average Bonchev–Trinajstić information content (AvgIpc) is 3.81. The molecule has 1 unspecified atom stereocenters. The molecule has 5 aromatic carbocycles. The van der Waals surface area contributed by atoms with Crippen LogP contribution in [0, 0.1) is 0 Å². The van der Waals surface area contributed by atoms with E-state index in [1.165, 1.54) is 21.9 Å². The molecule has 0 spiro atoms. The van der Waals surface area contributed by atoms with Gasteiger partial charge in [-0.25, -0.2) is 9.98 Å². The summed E-state index contributed by atoms with van der Waals surface area (Å²) in [7, 11) is 0. The van der Waals surface area contributed by atoms with Gasteiger partial charge in [0, 0.05) is 39.2 Å². The quantitative estimate of drug-likeness (QED) is 0.216. The van der Waals surface area contributed by atoms with E-state index in [-0.39, 0.29) is 6.04 Å². The Morgan fingerprint density at radius 2 is 1.33 bits per heavy atom. The van der Waals surface area contributed by atoms with Crippen molar-refractivity contribution < 1.29 is 4.74 Å². The smallest absolute Gasteiger partial charge is 0.231 e. The second kappa shape index (κ2) is 9.43. The fraction of sp³-hybridized carbons (Fsp3) is 0.0526. The highest BCUT2D eigenvalue weighted by molar-refractivity contribution is 6.25. The molecule has 2 aliphatic heterocycles. The van der Waals surface area contributed by atoms with Gasteiger partial charge in [-0.05, 0) is 41.5 Å². The summed E-state index contributed by atoms with van der Waals surface area (Å²) in [5.74, 6) is 0.681. The van der Waals surface area contributed by atoms with Crippen LogP contribution in [0.5, 0.6) is 0 Å². The Hall–Kier alpha value is -5.68. The summed E-state index contributed by atoms with van der Waals surface area (Å²) in [5.41, 5.74) is 9.83. The van der Waals surface area contributed by atoms with Crippen LogP contribution in [0.4, 0.5) is 0 Å². The highest BCUT2D eigenvalue weighted by atomic mass is 16.5. The van der Waals surface area contributed by atoms with Gasteiger partial charge >= 0.3 is 0 Å². The second-order valence-electron chi connectivity index (χ2n) is 11.0. The maximum absolute atomic E-state index is 5.84. The number of fused-ring (bicyclic) bond motifs is 6. The largest absolute Gasteiger partial charge is 0.498 e. The van der Waals surface area contributed by atoms with Crippen molar-refractivity contribution in [1.29, 1.82) is 0 Å². The zero-order valence-corrected chi connectivity index (χ0v) is 23.3. The van der Waals surface area contributed by atoms with Gasteiger partial charge in [-0.15, -0.1) is 0 Å². The van der Waals surface area contributed by atoms with Gasteiger partial charge in [0.15, 0.2) is 0 Å². The Balaban J connectivity index is 1.26. The topological polar surface area (TPSA) is 43.8 Å². The molecule has 4 heterocycles. The van der Waals surface area contributed by atoms with Crippen LogP contribution in [0.1, 0.15) is 5.56 Å². The summed E-state index contributed by atoms with van der Waals surface area (Å²) in [6.07, 6.45) is 3.98. The number of hydrogen-bond donors (Lipinski definition) is 0. The lowest BCUT2D eigenvalue weighted by atomic mass is 9.96. The molecule has 0 radical (unpaired) electrons. The van der Waals surface area contributed by atoms with Crippen molar-refractivity contribution in [3.05, 3.63) is 151 Å². The van der Waals surface area contributed by atoms with Gasteiger partial charge in [-0.1, -0.05) is 97.1 Å². The van der Waals surface area contributed by atoms with Gasteiger partial charge in [0.1, 0.15) is 12.6 Å². The average molecular weight is 555 g/mol. The third kappa shape index (κ3) is 3.71. The first-order valence-electron chi connectivity index (χ1n) is 14.6. The van der Waals surface area contributed by atoms with Crippen molar-refractivity contribution in [2.75, 3.05) is 6.61 Å². The highest BCUT2D eigenvalue weighted by Gasteiger charge is 2.31. The highest BCUT2D eigenvalue weighted by Crippen LogP contribution is 2.37. The lowest BCUT2D eigenvalue weighted by Gasteiger charge is -2.20. The minimum atomic E-state index is -0.111. The first-order chi connectivity index (χ1) is 21.3. The van der Waals surface area contributed by atoms with E-state index in [2.05, 4.69) is 131 Å². The van der Waals surface area contributed by atoms with Crippen molar-refractivity contribution in [2.24, 2.45) is 9.98 Å².